The first-order valence-electron chi connectivity index (χ1n) is 9.01. The molecular formula is C21H36Cl2N2O. The van der Waals surface area contributed by atoms with E-state index >= 15 is 0 Å². The third kappa shape index (κ3) is 5.63. The monoisotopic (exact) mass is 402 g/mol. The Morgan fingerprint density at radius 3 is 1.77 bits per heavy atom. The van der Waals surface area contributed by atoms with Crippen molar-refractivity contribution < 1.29 is 5.11 Å². The Morgan fingerprint density at radius 2 is 1.42 bits per heavy atom. The lowest BCUT2D eigenvalue weighted by Crippen LogP contribution is -2.44. The number of piperazine rings is 1. The summed E-state index contributed by atoms with van der Waals surface area (Å²) >= 11 is 0. The highest BCUT2D eigenvalue weighted by Crippen LogP contribution is 2.41. The molecule has 0 aliphatic carbocycles. The molecule has 150 valence electrons. The molecule has 0 bridgehead atoms. The maximum Gasteiger partial charge on any atom is 0.123 e. The van der Waals surface area contributed by atoms with Crippen molar-refractivity contribution in [2.24, 2.45) is 0 Å². The average Bonchev–Trinajstić information content (AvgIpc) is 2.48. The molecule has 26 heavy (non-hydrogen) atoms. The second-order valence-corrected chi connectivity index (χ2v) is 8.93. The smallest absolute Gasteiger partial charge is 0.123 e. The molecule has 0 unspecified atom stereocenters. The van der Waals surface area contributed by atoms with Crippen molar-refractivity contribution in [1.29, 1.82) is 0 Å². The lowest BCUT2D eigenvalue weighted by Gasteiger charge is -2.35. The highest BCUT2D eigenvalue weighted by Gasteiger charge is 2.29. The molecule has 2 rings (SSSR count). The van der Waals surface area contributed by atoms with Crippen molar-refractivity contribution in [3.8, 4) is 5.75 Å². The van der Waals surface area contributed by atoms with Crippen LogP contribution < -0.4 is 5.32 Å². The standard InChI is InChI=1S/C21H34N2O.2ClH/c1-8-18(23-11-9-22-10-12-23)15-13-16(20(2,3)4)19(24)17(14-15)21(5,6)7;;/h8,13-14,18,22,24H,1,9-12H2,2-7H3;2*1H/t18-;;/m1../s1. The van der Waals surface area contributed by atoms with Crippen molar-refractivity contribution in [3.05, 3.63) is 41.5 Å². The van der Waals surface area contributed by atoms with E-state index in [0.29, 0.717) is 5.75 Å². The summed E-state index contributed by atoms with van der Waals surface area (Å²) in [4.78, 5) is 2.47. The van der Waals surface area contributed by atoms with Gasteiger partial charge in [0.05, 0.1) is 6.04 Å². The van der Waals surface area contributed by atoms with Crippen LogP contribution >= 0.6 is 24.8 Å². The number of hydrogen-bond donors (Lipinski definition) is 2. The van der Waals surface area contributed by atoms with Crippen molar-refractivity contribution in [3.63, 3.8) is 0 Å². The molecule has 0 amide bonds. The Kier molecular flexibility index (Phi) is 9.19. The summed E-state index contributed by atoms with van der Waals surface area (Å²) in [5, 5.41) is 14.3. The number of nitrogens with one attached hydrogen (secondary N) is 1. The van der Waals surface area contributed by atoms with Crippen LogP contribution in [0.15, 0.2) is 24.8 Å². The van der Waals surface area contributed by atoms with Gasteiger partial charge < -0.3 is 10.4 Å². The molecular weight excluding hydrogens is 367 g/mol. The predicted molar refractivity (Wildman–Crippen MR) is 117 cm³/mol. The molecule has 1 atom stereocenters. The van der Waals surface area contributed by atoms with Gasteiger partial charge in [-0.05, 0) is 39.7 Å². The Hall–Kier alpha value is -0.740. The molecule has 2 N–H and O–H groups in total. The van der Waals surface area contributed by atoms with E-state index in [1.807, 2.05) is 6.08 Å². The van der Waals surface area contributed by atoms with Gasteiger partial charge in [0.2, 0.25) is 0 Å². The minimum Gasteiger partial charge on any atom is -0.507 e. The van der Waals surface area contributed by atoms with Crippen molar-refractivity contribution in [1.82, 2.24) is 10.2 Å². The molecule has 1 fully saturated rings. The van der Waals surface area contributed by atoms with Crippen molar-refractivity contribution in [2.45, 2.75) is 58.4 Å². The van der Waals surface area contributed by atoms with Crippen LogP contribution in [0.4, 0.5) is 0 Å². The molecule has 3 nitrogen and oxygen atoms in total. The van der Waals surface area contributed by atoms with Gasteiger partial charge >= 0.3 is 0 Å². The lowest BCUT2D eigenvalue weighted by molar-refractivity contribution is 0.203. The molecule has 1 heterocycles. The van der Waals surface area contributed by atoms with E-state index in [9.17, 15) is 5.11 Å². The van der Waals surface area contributed by atoms with Crippen LogP contribution in [-0.4, -0.2) is 36.2 Å². The van der Waals surface area contributed by atoms with E-state index in [2.05, 4.69) is 70.5 Å². The fourth-order valence-electron chi connectivity index (χ4n) is 3.43. The zero-order valence-electron chi connectivity index (χ0n) is 17.1. The van der Waals surface area contributed by atoms with E-state index in [4.69, 9.17) is 0 Å². The number of hydrogen-bond acceptors (Lipinski definition) is 3. The molecule has 0 radical (unpaired) electrons. The summed E-state index contributed by atoms with van der Waals surface area (Å²) < 4.78 is 0. The van der Waals surface area contributed by atoms with Crippen molar-refractivity contribution >= 4 is 24.8 Å². The summed E-state index contributed by atoms with van der Waals surface area (Å²) in [5.41, 5.74) is 3.07. The normalized spacial score (nSPS) is 17.0. The molecule has 5 heteroatoms. The number of halogens is 2. The van der Waals surface area contributed by atoms with E-state index in [0.717, 1.165) is 37.3 Å². The SMILES string of the molecule is C=C[C@H](c1cc(C(C)(C)C)c(O)c(C(C)(C)C)c1)N1CCNCC1.Cl.Cl. The number of phenolic OH excluding ortho intramolecular Hbond substituents is 1. The predicted octanol–water partition coefficient (Wildman–Crippen LogP) is 4.96. The van der Waals surface area contributed by atoms with Gasteiger partial charge in [0, 0.05) is 26.2 Å². The molecule has 0 spiro atoms. The molecule has 1 aromatic carbocycles. The second kappa shape index (κ2) is 9.45. The molecule has 1 aliphatic rings. The van der Waals surface area contributed by atoms with E-state index in [-0.39, 0.29) is 41.7 Å². The molecule has 1 saturated heterocycles. The largest absolute Gasteiger partial charge is 0.507 e. The first-order chi connectivity index (χ1) is 11.1. The molecule has 0 aromatic heterocycles. The lowest BCUT2D eigenvalue weighted by atomic mass is 9.77. The summed E-state index contributed by atoms with van der Waals surface area (Å²) in [5.74, 6) is 0.446. The van der Waals surface area contributed by atoms with E-state index in [1.165, 1.54) is 5.56 Å². The van der Waals surface area contributed by atoms with Gasteiger partial charge in [-0.2, -0.15) is 0 Å². The number of benzene rings is 1. The first-order valence-corrected chi connectivity index (χ1v) is 9.01. The second-order valence-electron chi connectivity index (χ2n) is 8.93. The fraction of sp³-hybridized carbons (Fsp3) is 0.619. The molecule has 1 aromatic rings. The maximum absolute atomic E-state index is 10.9. The topological polar surface area (TPSA) is 35.5 Å². The third-order valence-electron chi connectivity index (χ3n) is 4.86. The molecule has 0 saturated carbocycles. The zero-order valence-corrected chi connectivity index (χ0v) is 18.7. The Labute approximate surface area is 172 Å². The number of nitrogens with zero attached hydrogens (tertiary/aromatic N) is 1. The highest BCUT2D eigenvalue weighted by atomic mass is 35.5. The van der Waals surface area contributed by atoms with Crippen LogP contribution in [0.3, 0.4) is 0 Å². The van der Waals surface area contributed by atoms with Gasteiger partial charge in [-0.25, -0.2) is 0 Å². The summed E-state index contributed by atoms with van der Waals surface area (Å²) in [6.45, 7) is 21.1. The quantitative estimate of drug-likeness (QED) is 0.700. The minimum atomic E-state index is -0.102. The van der Waals surface area contributed by atoms with Gasteiger partial charge in [0.1, 0.15) is 5.75 Å². The number of rotatable bonds is 3. The van der Waals surface area contributed by atoms with Crippen molar-refractivity contribution in [2.75, 3.05) is 26.2 Å². The van der Waals surface area contributed by atoms with Gasteiger partial charge in [0.15, 0.2) is 0 Å². The number of aromatic hydroxyl groups is 1. The van der Waals surface area contributed by atoms with Crippen LogP contribution in [0.2, 0.25) is 0 Å². The Bertz CT molecular complexity index is 562. The van der Waals surface area contributed by atoms with Gasteiger partial charge in [-0.3, -0.25) is 4.90 Å². The highest BCUT2D eigenvalue weighted by molar-refractivity contribution is 5.85. The minimum absolute atomic E-state index is 0. The first kappa shape index (κ1) is 25.3. The van der Waals surface area contributed by atoms with Crippen LogP contribution in [0, 0.1) is 0 Å². The van der Waals surface area contributed by atoms with E-state index < -0.39 is 0 Å². The summed E-state index contributed by atoms with van der Waals surface area (Å²) in [7, 11) is 0. The van der Waals surface area contributed by atoms with Crippen LogP contribution in [-0.2, 0) is 10.8 Å². The fourth-order valence-corrected chi connectivity index (χ4v) is 3.43. The Morgan fingerprint density at radius 1 is 1.00 bits per heavy atom. The van der Waals surface area contributed by atoms with E-state index in [1.54, 1.807) is 0 Å². The van der Waals surface area contributed by atoms with Crippen LogP contribution in [0.1, 0.15) is 64.3 Å². The zero-order chi connectivity index (χ0) is 18.1. The summed E-state index contributed by atoms with van der Waals surface area (Å²) in [6.07, 6.45) is 2.04. The number of phenols is 1. The average molecular weight is 403 g/mol. The molecule has 1 aliphatic heterocycles. The van der Waals surface area contributed by atoms with Crippen LogP contribution in [0.25, 0.3) is 0 Å². The van der Waals surface area contributed by atoms with Gasteiger partial charge in [-0.15, -0.1) is 31.4 Å². The van der Waals surface area contributed by atoms with Gasteiger partial charge in [0.25, 0.3) is 0 Å². The van der Waals surface area contributed by atoms with Gasteiger partial charge in [-0.1, -0.05) is 47.6 Å². The Balaban J connectivity index is 0.00000312. The summed E-state index contributed by atoms with van der Waals surface area (Å²) in [6, 6.07) is 4.55. The van der Waals surface area contributed by atoms with Crippen LogP contribution in [0.5, 0.6) is 5.75 Å². The third-order valence-corrected chi connectivity index (χ3v) is 4.86. The maximum atomic E-state index is 10.9.